The fourth-order valence-corrected chi connectivity index (χ4v) is 4.25. The summed E-state index contributed by atoms with van der Waals surface area (Å²) in [7, 11) is 1.91. The summed E-state index contributed by atoms with van der Waals surface area (Å²) < 4.78 is 5.94. The SMILES string of the molecule is CN=C(NCC1(C2CC2)CC1)N1CCC(COCc2ccccc2)C1.I. The lowest BCUT2D eigenvalue weighted by Gasteiger charge is -2.24. The van der Waals surface area contributed by atoms with E-state index in [9.17, 15) is 0 Å². The van der Waals surface area contributed by atoms with Crippen molar-refractivity contribution >= 4 is 29.9 Å². The first-order valence-electron chi connectivity index (χ1n) is 9.86. The largest absolute Gasteiger partial charge is 0.376 e. The minimum absolute atomic E-state index is 0. The van der Waals surface area contributed by atoms with Gasteiger partial charge in [-0.3, -0.25) is 4.99 Å². The predicted molar refractivity (Wildman–Crippen MR) is 117 cm³/mol. The van der Waals surface area contributed by atoms with Crippen LogP contribution in [0, 0.1) is 17.3 Å². The molecule has 0 amide bonds. The second-order valence-electron chi connectivity index (χ2n) is 8.14. The Morgan fingerprint density at radius 1 is 1.23 bits per heavy atom. The van der Waals surface area contributed by atoms with Crippen molar-refractivity contribution < 1.29 is 4.74 Å². The topological polar surface area (TPSA) is 36.9 Å². The molecule has 1 aliphatic heterocycles. The third-order valence-electron chi connectivity index (χ3n) is 6.20. The first-order valence-corrected chi connectivity index (χ1v) is 9.86. The van der Waals surface area contributed by atoms with Crippen molar-refractivity contribution in [2.75, 3.05) is 33.3 Å². The minimum Gasteiger partial charge on any atom is -0.376 e. The van der Waals surface area contributed by atoms with E-state index in [-0.39, 0.29) is 24.0 Å². The van der Waals surface area contributed by atoms with E-state index in [1.54, 1.807) is 0 Å². The first-order chi connectivity index (χ1) is 12.3. The molecule has 0 radical (unpaired) electrons. The van der Waals surface area contributed by atoms with Gasteiger partial charge in [0, 0.05) is 32.6 Å². The van der Waals surface area contributed by atoms with Gasteiger partial charge in [-0.2, -0.15) is 0 Å². The monoisotopic (exact) mass is 469 g/mol. The molecule has 4 rings (SSSR count). The highest BCUT2D eigenvalue weighted by molar-refractivity contribution is 14.0. The van der Waals surface area contributed by atoms with Gasteiger partial charge in [-0.15, -0.1) is 24.0 Å². The van der Waals surface area contributed by atoms with Gasteiger partial charge in [-0.05, 0) is 49.0 Å². The summed E-state index contributed by atoms with van der Waals surface area (Å²) in [5.74, 6) is 2.70. The van der Waals surface area contributed by atoms with Crippen LogP contribution in [0.3, 0.4) is 0 Å². The number of hydrogen-bond donors (Lipinski definition) is 1. The van der Waals surface area contributed by atoms with E-state index in [4.69, 9.17) is 4.74 Å². The normalized spacial score (nSPS) is 24.3. The summed E-state index contributed by atoms with van der Waals surface area (Å²) in [6, 6.07) is 10.4. The standard InChI is InChI=1S/C21H31N3O.HI/c1-22-20(23-16-21(10-11-21)19-7-8-19)24-12-9-18(13-24)15-25-14-17-5-3-2-4-6-17;/h2-6,18-19H,7-16H2,1H3,(H,22,23);1H. The summed E-state index contributed by atoms with van der Waals surface area (Å²) in [6.45, 7) is 4.83. The third kappa shape index (κ3) is 4.91. The maximum atomic E-state index is 5.94. The molecule has 2 aliphatic carbocycles. The zero-order chi connectivity index (χ0) is 17.1. The fraction of sp³-hybridized carbons (Fsp3) is 0.667. The lowest BCUT2D eigenvalue weighted by Crippen LogP contribution is -2.43. The molecular weight excluding hydrogens is 437 g/mol. The Morgan fingerprint density at radius 2 is 2.00 bits per heavy atom. The van der Waals surface area contributed by atoms with Gasteiger partial charge >= 0.3 is 0 Å². The molecule has 26 heavy (non-hydrogen) atoms. The fourth-order valence-electron chi connectivity index (χ4n) is 4.25. The number of aliphatic imine (C=N–C) groups is 1. The Kier molecular flexibility index (Phi) is 6.83. The molecule has 1 N–H and O–H groups in total. The number of guanidine groups is 1. The molecule has 1 saturated heterocycles. The number of benzene rings is 1. The second kappa shape index (κ2) is 8.91. The number of rotatable bonds is 7. The van der Waals surface area contributed by atoms with Crippen LogP contribution in [0.15, 0.2) is 35.3 Å². The highest BCUT2D eigenvalue weighted by atomic mass is 127. The molecule has 5 heteroatoms. The van der Waals surface area contributed by atoms with Crippen LogP contribution in [0.5, 0.6) is 0 Å². The Hall–Kier alpha value is -0.820. The summed E-state index contributed by atoms with van der Waals surface area (Å²) in [5, 5.41) is 3.67. The van der Waals surface area contributed by atoms with E-state index in [1.807, 2.05) is 13.1 Å². The van der Waals surface area contributed by atoms with E-state index >= 15 is 0 Å². The average molecular weight is 469 g/mol. The van der Waals surface area contributed by atoms with Crippen molar-refractivity contribution in [1.82, 2.24) is 10.2 Å². The number of nitrogens with one attached hydrogen (secondary N) is 1. The van der Waals surface area contributed by atoms with E-state index in [2.05, 4.69) is 39.5 Å². The molecule has 3 fully saturated rings. The molecule has 0 spiro atoms. The highest BCUT2D eigenvalue weighted by Crippen LogP contribution is 2.60. The Balaban J connectivity index is 0.00000196. The van der Waals surface area contributed by atoms with Crippen molar-refractivity contribution in [2.24, 2.45) is 22.2 Å². The van der Waals surface area contributed by atoms with Crippen LogP contribution in [-0.2, 0) is 11.3 Å². The summed E-state index contributed by atoms with van der Waals surface area (Å²) in [4.78, 5) is 6.95. The van der Waals surface area contributed by atoms with Gasteiger partial charge in [0.05, 0.1) is 13.2 Å². The van der Waals surface area contributed by atoms with Crippen molar-refractivity contribution in [2.45, 2.75) is 38.7 Å². The average Bonchev–Trinajstić information content (AvgIpc) is 3.55. The maximum Gasteiger partial charge on any atom is 0.193 e. The van der Waals surface area contributed by atoms with Crippen molar-refractivity contribution in [3.05, 3.63) is 35.9 Å². The molecule has 1 unspecified atom stereocenters. The molecule has 1 atom stereocenters. The lowest BCUT2D eigenvalue weighted by molar-refractivity contribution is 0.0906. The van der Waals surface area contributed by atoms with Gasteiger partial charge in [0.25, 0.3) is 0 Å². The highest BCUT2D eigenvalue weighted by Gasteiger charge is 2.53. The van der Waals surface area contributed by atoms with Crippen LogP contribution < -0.4 is 5.32 Å². The van der Waals surface area contributed by atoms with Gasteiger partial charge < -0.3 is 15.0 Å². The molecule has 0 aromatic heterocycles. The maximum absolute atomic E-state index is 5.94. The van der Waals surface area contributed by atoms with Gasteiger partial charge in [0.15, 0.2) is 5.96 Å². The molecule has 4 nitrogen and oxygen atoms in total. The van der Waals surface area contributed by atoms with Gasteiger partial charge in [0.2, 0.25) is 0 Å². The van der Waals surface area contributed by atoms with Crippen molar-refractivity contribution in [3.8, 4) is 0 Å². The van der Waals surface area contributed by atoms with Crippen molar-refractivity contribution in [3.63, 3.8) is 0 Å². The van der Waals surface area contributed by atoms with E-state index in [0.29, 0.717) is 17.9 Å². The molecule has 1 aromatic carbocycles. The van der Waals surface area contributed by atoms with Crippen LogP contribution in [0.1, 0.15) is 37.7 Å². The molecule has 1 heterocycles. The Morgan fingerprint density at radius 3 is 2.65 bits per heavy atom. The Bertz CT molecular complexity index is 599. The van der Waals surface area contributed by atoms with Crippen LogP contribution in [0.4, 0.5) is 0 Å². The number of hydrogen-bond acceptors (Lipinski definition) is 2. The van der Waals surface area contributed by atoms with Crippen LogP contribution in [0.2, 0.25) is 0 Å². The number of ether oxygens (including phenoxy) is 1. The molecule has 2 saturated carbocycles. The van der Waals surface area contributed by atoms with Gasteiger partial charge in [0.1, 0.15) is 0 Å². The molecule has 1 aromatic rings. The first kappa shape index (κ1) is 19.9. The zero-order valence-corrected chi connectivity index (χ0v) is 18.2. The van der Waals surface area contributed by atoms with Crippen LogP contribution in [-0.4, -0.2) is 44.1 Å². The lowest BCUT2D eigenvalue weighted by atomic mass is 10.0. The number of halogens is 1. The molecule has 3 aliphatic rings. The number of likely N-dealkylation sites (tertiary alicyclic amines) is 1. The predicted octanol–water partition coefficient (Wildman–Crippen LogP) is 3.91. The minimum atomic E-state index is 0. The summed E-state index contributed by atoms with van der Waals surface area (Å²) >= 11 is 0. The number of nitrogens with zero attached hydrogens (tertiary/aromatic N) is 2. The van der Waals surface area contributed by atoms with Gasteiger partial charge in [-0.1, -0.05) is 30.3 Å². The quantitative estimate of drug-likeness (QED) is 0.374. The summed E-state index contributed by atoms with van der Waals surface area (Å²) in [6.07, 6.45) is 6.92. The van der Waals surface area contributed by atoms with Crippen LogP contribution in [0.25, 0.3) is 0 Å². The van der Waals surface area contributed by atoms with Gasteiger partial charge in [-0.25, -0.2) is 0 Å². The molecule has 0 bridgehead atoms. The van der Waals surface area contributed by atoms with Crippen molar-refractivity contribution in [1.29, 1.82) is 0 Å². The second-order valence-corrected chi connectivity index (χ2v) is 8.14. The van der Waals surface area contributed by atoms with E-state index in [1.165, 1.54) is 37.7 Å². The summed E-state index contributed by atoms with van der Waals surface area (Å²) in [5.41, 5.74) is 1.87. The van der Waals surface area contributed by atoms with E-state index < -0.39 is 0 Å². The Labute approximate surface area is 174 Å². The zero-order valence-electron chi connectivity index (χ0n) is 15.8. The molecular formula is C21H32IN3O. The molecule has 144 valence electrons. The smallest absolute Gasteiger partial charge is 0.193 e. The van der Waals surface area contributed by atoms with Crippen LogP contribution >= 0.6 is 24.0 Å². The third-order valence-corrected chi connectivity index (χ3v) is 6.20. The van der Waals surface area contributed by atoms with E-state index in [0.717, 1.165) is 38.1 Å².